The van der Waals surface area contributed by atoms with Crippen molar-refractivity contribution in [1.82, 2.24) is 5.32 Å². The third-order valence-electron chi connectivity index (χ3n) is 4.93. The van der Waals surface area contributed by atoms with Crippen LogP contribution < -0.4 is 5.32 Å². The van der Waals surface area contributed by atoms with Crippen LogP contribution >= 0.6 is 0 Å². The van der Waals surface area contributed by atoms with Crippen molar-refractivity contribution in [2.24, 2.45) is 11.8 Å². The van der Waals surface area contributed by atoms with Crippen molar-refractivity contribution in [2.75, 3.05) is 13.2 Å². The number of carbonyl (C=O) groups excluding carboxylic acids is 1. The van der Waals surface area contributed by atoms with Crippen molar-refractivity contribution in [1.29, 1.82) is 0 Å². The van der Waals surface area contributed by atoms with Gasteiger partial charge < -0.3 is 10.1 Å². The lowest BCUT2D eigenvalue weighted by Gasteiger charge is -2.27. The quantitative estimate of drug-likeness (QED) is 0.855. The molecule has 0 aliphatic carbocycles. The van der Waals surface area contributed by atoms with Gasteiger partial charge in [-0.05, 0) is 41.2 Å². The first kappa shape index (κ1) is 19.0. The molecule has 1 saturated heterocycles. The van der Waals surface area contributed by atoms with Crippen molar-refractivity contribution < 1.29 is 9.53 Å². The summed E-state index contributed by atoms with van der Waals surface area (Å²) in [6, 6.07) is 8.79. The van der Waals surface area contributed by atoms with Gasteiger partial charge in [-0.1, -0.05) is 58.9 Å². The van der Waals surface area contributed by atoms with E-state index in [1.807, 2.05) is 0 Å². The average molecular weight is 332 g/mol. The number of ether oxygens (including phenoxy) is 1. The summed E-state index contributed by atoms with van der Waals surface area (Å²) in [7, 11) is 0. The molecular weight excluding hydrogens is 298 g/mol. The summed E-state index contributed by atoms with van der Waals surface area (Å²) >= 11 is 0. The van der Waals surface area contributed by atoms with Crippen LogP contribution in [0.25, 0.3) is 0 Å². The molecule has 1 aromatic rings. The molecule has 0 aromatic heterocycles. The van der Waals surface area contributed by atoms with Crippen LogP contribution in [0.4, 0.5) is 0 Å². The second-order valence-corrected chi connectivity index (χ2v) is 8.42. The Bertz CT molecular complexity index is 522. The first-order chi connectivity index (χ1) is 11.3. The zero-order valence-corrected chi connectivity index (χ0v) is 15.9. The van der Waals surface area contributed by atoms with Crippen molar-refractivity contribution in [3.05, 3.63) is 35.4 Å². The molecule has 1 heterocycles. The maximum atomic E-state index is 12.5. The summed E-state index contributed by atoms with van der Waals surface area (Å²) in [6.07, 6.45) is 2.62. The van der Waals surface area contributed by atoms with Gasteiger partial charge in [-0.3, -0.25) is 4.79 Å². The lowest BCUT2D eigenvalue weighted by atomic mass is 9.85. The standard InChI is InChI=1S/C21H33NO2/c1-15(2)20(17-6-8-18(9-7-17)21(3,4)5)22-19(23)14-16-10-12-24-13-11-16/h6-9,15-16,20H,10-14H2,1-5H3,(H,22,23). The van der Waals surface area contributed by atoms with Gasteiger partial charge in [0.05, 0.1) is 6.04 Å². The van der Waals surface area contributed by atoms with Crippen molar-refractivity contribution in [3.63, 3.8) is 0 Å². The van der Waals surface area contributed by atoms with Gasteiger partial charge in [-0.25, -0.2) is 0 Å². The van der Waals surface area contributed by atoms with E-state index in [4.69, 9.17) is 4.74 Å². The molecule has 1 aliphatic rings. The first-order valence-corrected chi connectivity index (χ1v) is 9.25. The Morgan fingerprint density at radius 3 is 2.25 bits per heavy atom. The lowest BCUT2D eigenvalue weighted by molar-refractivity contribution is -0.123. The molecule has 1 unspecified atom stereocenters. The summed E-state index contributed by atoms with van der Waals surface area (Å²) in [4.78, 5) is 12.5. The molecule has 0 radical (unpaired) electrons. The Morgan fingerprint density at radius 2 is 1.75 bits per heavy atom. The molecule has 2 rings (SSSR count). The topological polar surface area (TPSA) is 38.3 Å². The molecule has 0 bridgehead atoms. The maximum Gasteiger partial charge on any atom is 0.220 e. The van der Waals surface area contributed by atoms with Crippen molar-refractivity contribution in [2.45, 2.75) is 65.3 Å². The predicted molar refractivity (Wildman–Crippen MR) is 99.0 cm³/mol. The largest absolute Gasteiger partial charge is 0.381 e. The smallest absolute Gasteiger partial charge is 0.220 e. The SMILES string of the molecule is CC(C)C(NC(=O)CC1CCOCC1)c1ccc(C(C)(C)C)cc1. The van der Waals surface area contributed by atoms with Gasteiger partial charge in [0.15, 0.2) is 0 Å². The predicted octanol–water partition coefficient (Wildman–Crippen LogP) is 4.61. The summed E-state index contributed by atoms with van der Waals surface area (Å²) in [6.45, 7) is 12.6. The van der Waals surface area contributed by atoms with E-state index in [1.54, 1.807) is 0 Å². The highest BCUT2D eigenvalue weighted by atomic mass is 16.5. The molecule has 134 valence electrons. The minimum atomic E-state index is 0.0753. The van der Waals surface area contributed by atoms with E-state index in [0.717, 1.165) is 26.1 Å². The molecule has 1 fully saturated rings. The Balaban J connectivity index is 2.02. The van der Waals surface area contributed by atoms with E-state index in [-0.39, 0.29) is 17.4 Å². The number of carbonyl (C=O) groups is 1. The van der Waals surface area contributed by atoms with Crippen molar-refractivity contribution >= 4 is 5.91 Å². The van der Waals surface area contributed by atoms with E-state index in [0.29, 0.717) is 18.3 Å². The molecule has 3 heteroatoms. The molecule has 0 spiro atoms. The fourth-order valence-corrected chi connectivity index (χ4v) is 3.27. The van der Waals surface area contributed by atoms with Gasteiger partial charge in [0.1, 0.15) is 0 Å². The number of nitrogens with one attached hydrogen (secondary N) is 1. The number of benzene rings is 1. The monoisotopic (exact) mass is 331 g/mol. The van der Waals surface area contributed by atoms with Gasteiger partial charge in [0.25, 0.3) is 0 Å². The van der Waals surface area contributed by atoms with Crippen LogP contribution in [0.3, 0.4) is 0 Å². The third kappa shape index (κ3) is 5.34. The Labute approximate surface area is 147 Å². The summed E-state index contributed by atoms with van der Waals surface area (Å²) < 4.78 is 5.38. The molecule has 3 nitrogen and oxygen atoms in total. The normalized spacial score (nSPS) is 17.8. The van der Waals surface area contributed by atoms with E-state index < -0.39 is 0 Å². The minimum Gasteiger partial charge on any atom is -0.381 e. The highest BCUT2D eigenvalue weighted by Crippen LogP contribution is 2.27. The van der Waals surface area contributed by atoms with E-state index in [2.05, 4.69) is 64.2 Å². The molecule has 1 N–H and O–H groups in total. The molecule has 1 atom stereocenters. The Hall–Kier alpha value is -1.35. The number of amides is 1. The van der Waals surface area contributed by atoms with Crippen LogP contribution in [0.5, 0.6) is 0 Å². The fraction of sp³-hybridized carbons (Fsp3) is 0.667. The molecule has 1 aliphatic heterocycles. The van der Waals surface area contributed by atoms with Crippen LogP contribution in [0.2, 0.25) is 0 Å². The molecule has 24 heavy (non-hydrogen) atoms. The molecule has 1 amide bonds. The van der Waals surface area contributed by atoms with Crippen LogP contribution in [0.15, 0.2) is 24.3 Å². The lowest BCUT2D eigenvalue weighted by Crippen LogP contribution is -2.33. The van der Waals surface area contributed by atoms with Gasteiger partial charge in [0.2, 0.25) is 5.91 Å². The Kier molecular flexibility index (Phi) is 6.45. The van der Waals surface area contributed by atoms with E-state index in [9.17, 15) is 4.79 Å². The van der Waals surface area contributed by atoms with Crippen LogP contribution in [-0.2, 0) is 14.9 Å². The van der Waals surface area contributed by atoms with Gasteiger partial charge in [-0.15, -0.1) is 0 Å². The third-order valence-corrected chi connectivity index (χ3v) is 4.93. The van der Waals surface area contributed by atoms with Crippen LogP contribution in [-0.4, -0.2) is 19.1 Å². The van der Waals surface area contributed by atoms with E-state index >= 15 is 0 Å². The summed E-state index contributed by atoms with van der Waals surface area (Å²) in [5.74, 6) is 0.999. The Morgan fingerprint density at radius 1 is 1.17 bits per heavy atom. The fourth-order valence-electron chi connectivity index (χ4n) is 3.27. The second-order valence-electron chi connectivity index (χ2n) is 8.42. The molecule has 1 aromatic carbocycles. The number of hydrogen-bond acceptors (Lipinski definition) is 2. The van der Waals surface area contributed by atoms with E-state index in [1.165, 1.54) is 11.1 Å². The zero-order valence-electron chi connectivity index (χ0n) is 15.9. The average Bonchev–Trinajstić information content (AvgIpc) is 2.52. The maximum absolute atomic E-state index is 12.5. The minimum absolute atomic E-state index is 0.0753. The summed E-state index contributed by atoms with van der Waals surface area (Å²) in [5.41, 5.74) is 2.67. The summed E-state index contributed by atoms with van der Waals surface area (Å²) in [5, 5.41) is 3.26. The van der Waals surface area contributed by atoms with Crippen molar-refractivity contribution in [3.8, 4) is 0 Å². The van der Waals surface area contributed by atoms with Crippen LogP contribution in [0.1, 0.15) is 71.0 Å². The molecule has 0 saturated carbocycles. The number of hydrogen-bond donors (Lipinski definition) is 1. The van der Waals surface area contributed by atoms with Crippen LogP contribution in [0, 0.1) is 11.8 Å². The zero-order chi connectivity index (χ0) is 17.7. The highest BCUT2D eigenvalue weighted by molar-refractivity contribution is 5.76. The van der Waals surface area contributed by atoms with Gasteiger partial charge in [-0.2, -0.15) is 0 Å². The second kappa shape index (κ2) is 8.15. The molecular formula is C21H33NO2. The first-order valence-electron chi connectivity index (χ1n) is 9.25. The highest BCUT2D eigenvalue weighted by Gasteiger charge is 2.22. The van der Waals surface area contributed by atoms with Gasteiger partial charge in [0, 0.05) is 19.6 Å². The number of rotatable bonds is 5. The van der Waals surface area contributed by atoms with Gasteiger partial charge >= 0.3 is 0 Å².